The molecule has 1 heterocycles. The molecule has 4 nitrogen and oxygen atoms in total. The maximum Gasteiger partial charge on any atom is 0.185 e. The number of halogens is 1. The van der Waals surface area contributed by atoms with Gasteiger partial charge in [0.05, 0.1) is 0 Å². The lowest BCUT2D eigenvalue weighted by molar-refractivity contribution is 0.336. The summed E-state index contributed by atoms with van der Waals surface area (Å²) >= 11 is 0. The van der Waals surface area contributed by atoms with Crippen LogP contribution < -0.4 is 11.5 Å². The SMILES string of the molecule is Cl.NC(N)=NCCCN1CCCC1. The van der Waals surface area contributed by atoms with Gasteiger partial charge in [-0.15, -0.1) is 12.4 Å². The molecular formula is C8H19ClN4. The van der Waals surface area contributed by atoms with Crippen LogP contribution in [-0.4, -0.2) is 37.0 Å². The third-order valence-electron chi connectivity index (χ3n) is 2.13. The summed E-state index contributed by atoms with van der Waals surface area (Å²) in [4.78, 5) is 6.39. The van der Waals surface area contributed by atoms with E-state index in [1.54, 1.807) is 0 Å². The van der Waals surface area contributed by atoms with Crippen molar-refractivity contribution in [3.63, 3.8) is 0 Å². The number of rotatable bonds is 4. The third-order valence-corrected chi connectivity index (χ3v) is 2.13. The van der Waals surface area contributed by atoms with Gasteiger partial charge in [-0.25, -0.2) is 0 Å². The van der Waals surface area contributed by atoms with Crippen LogP contribution in [0.15, 0.2) is 4.99 Å². The highest BCUT2D eigenvalue weighted by atomic mass is 35.5. The average molecular weight is 207 g/mol. The molecule has 0 aromatic rings. The van der Waals surface area contributed by atoms with Crippen LogP contribution in [0.2, 0.25) is 0 Å². The van der Waals surface area contributed by atoms with Crippen molar-refractivity contribution in [1.29, 1.82) is 0 Å². The molecule has 1 aliphatic rings. The zero-order valence-corrected chi connectivity index (χ0v) is 8.72. The quantitative estimate of drug-likeness (QED) is 0.392. The van der Waals surface area contributed by atoms with Gasteiger partial charge in [-0.2, -0.15) is 0 Å². The van der Waals surface area contributed by atoms with E-state index in [1.807, 2.05) is 0 Å². The van der Waals surface area contributed by atoms with E-state index >= 15 is 0 Å². The predicted molar refractivity (Wildman–Crippen MR) is 58.2 cm³/mol. The molecule has 0 spiro atoms. The van der Waals surface area contributed by atoms with Crippen molar-refractivity contribution >= 4 is 18.4 Å². The summed E-state index contributed by atoms with van der Waals surface area (Å²) in [5.74, 6) is 0.205. The number of hydrogen-bond acceptors (Lipinski definition) is 2. The monoisotopic (exact) mass is 206 g/mol. The van der Waals surface area contributed by atoms with E-state index in [9.17, 15) is 0 Å². The molecule has 0 amide bonds. The molecule has 0 atom stereocenters. The minimum atomic E-state index is 0. The molecule has 0 aromatic heterocycles. The van der Waals surface area contributed by atoms with Crippen molar-refractivity contribution < 1.29 is 0 Å². The molecular weight excluding hydrogens is 188 g/mol. The van der Waals surface area contributed by atoms with Gasteiger partial charge in [-0.1, -0.05) is 0 Å². The fourth-order valence-corrected chi connectivity index (χ4v) is 1.51. The summed E-state index contributed by atoms with van der Waals surface area (Å²) < 4.78 is 0. The van der Waals surface area contributed by atoms with E-state index in [2.05, 4.69) is 9.89 Å². The predicted octanol–water partition coefficient (Wildman–Crippen LogP) is 0.167. The number of likely N-dealkylation sites (tertiary alicyclic amines) is 1. The standard InChI is InChI=1S/C8H18N4.ClH/c9-8(10)11-4-3-7-12-5-1-2-6-12;/h1-7H2,(H4,9,10,11);1H. The molecule has 1 saturated heterocycles. The Morgan fingerprint density at radius 3 is 2.38 bits per heavy atom. The molecule has 0 bridgehead atoms. The van der Waals surface area contributed by atoms with Gasteiger partial charge in [0.1, 0.15) is 0 Å². The highest BCUT2D eigenvalue weighted by molar-refractivity contribution is 5.85. The van der Waals surface area contributed by atoms with Gasteiger partial charge in [0.2, 0.25) is 0 Å². The number of aliphatic imine (C=N–C) groups is 1. The molecule has 0 unspecified atom stereocenters. The van der Waals surface area contributed by atoms with E-state index in [0.29, 0.717) is 0 Å². The van der Waals surface area contributed by atoms with Crippen molar-refractivity contribution in [1.82, 2.24) is 4.90 Å². The first-order valence-electron chi connectivity index (χ1n) is 4.57. The van der Waals surface area contributed by atoms with Crippen molar-refractivity contribution in [2.75, 3.05) is 26.2 Å². The molecule has 0 radical (unpaired) electrons. The first kappa shape index (κ1) is 12.5. The topological polar surface area (TPSA) is 67.6 Å². The van der Waals surface area contributed by atoms with Gasteiger partial charge < -0.3 is 16.4 Å². The Balaban J connectivity index is 0.00000144. The van der Waals surface area contributed by atoms with E-state index in [4.69, 9.17) is 11.5 Å². The van der Waals surface area contributed by atoms with Crippen molar-refractivity contribution in [2.24, 2.45) is 16.5 Å². The minimum Gasteiger partial charge on any atom is -0.370 e. The van der Waals surface area contributed by atoms with Crippen LogP contribution in [0.3, 0.4) is 0 Å². The largest absolute Gasteiger partial charge is 0.370 e. The molecule has 78 valence electrons. The van der Waals surface area contributed by atoms with Gasteiger partial charge in [0, 0.05) is 6.54 Å². The molecule has 5 heteroatoms. The third kappa shape index (κ3) is 5.71. The molecule has 1 aliphatic heterocycles. The number of nitrogens with two attached hydrogens (primary N) is 2. The van der Waals surface area contributed by atoms with Crippen LogP contribution in [0.4, 0.5) is 0 Å². The fourth-order valence-electron chi connectivity index (χ4n) is 1.51. The molecule has 13 heavy (non-hydrogen) atoms. The van der Waals surface area contributed by atoms with E-state index in [-0.39, 0.29) is 18.4 Å². The zero-order valence-electron chi connectivity index (χ0n) is 7.91. The minimum absolute atomic E-state index is 0. The Kier molecular flexibility index (Phi) is 6.72. The smallest absolute Gasteiger partial charge is 0.185 e. The second-order valence-electron chi connectivity index (χ2n) is 3.21. The highest BCUT2D eigenvalue weighted by Gasteiger charge is 2.09. The maximum absolute atomic E-state index is 5.20. The van der Waals surface area contributed by atoms with Crippen LogP contribution in [0.1, 0.15) is 19.3 Å². The van der Waals surface area contributed by atoms with Crippen molar-refractivity contribution in [3.05, 3.63) is 0 Å². The van der Waals surface area contributed by atoms with E-state index in [1.165, 1.54) is 25.9 Å². The van der Waals surface area contributed by atoms with Gasteiger partial charge in [0.15, 0.2) is 5.96 Å². The normalized spacial score (nSPS) is 16.6. The van der Waals surface area contributed by atoms with Crippen LogP contribution in [0.25, 0.3) is 0 Å². The van der Waals surface area contributed by atoms with Crippen molar-refractivity contribution in [3.8, 4) is 0 Å². The maximum atomic E-state index is 5.20. The second kappa shape index (κ2) is 6.97. The summed E-state index contributed by atoms with van der Waals surface area (Å²) in [7, 11) is 0. The fraction of sp³-hybridized carbons (Fsp3) is 0.875. The summed E-state index contributed by atoms with van der Waals surface area (Å²) in [5.41, 5.74) is 10.4. The second-order valence-corrected chi connectivity index (χ2v) is 3.21. The number of nitrogens with zero attached hydrogens (tertiary/aromatic N) is 2. The lowest BCUT2D eigenvalue weighted by atomic mass is 10.4. The summed E-state index contributed by atoms with van der Waals surface area (Å²) in [6.07, 6.45) is 3.77. The zero-order chi connectivity index (χ0) is 8.81. The van der Waals surface area contributed by atoms with Crippen LogP contribution in [0.5, 0.6) is 0 Å². The lowest BCUT2D eigenvalue weighted by Crippen LogP contribution is -2.24. The molecule has 0 saturated carbocycles. The summed E-state index contributed by atoms with van der Waals surface area (Å²) in [5, 5.41) is 0. The lowest BCUT2D eigenvalue weighted by Gasteiger charge is -2.12. The van der Waals surface area contributed by atoms with Crippen LogP contribution >= 0.6 is 12.4 Å². The van der Waals surface area contributed by atoms with Crippen LogP contribution in [0, 0.1) is 0 Å². The van der Waals surface area contributed by atoms with Gasteiger partial charge in [-0.05, 0) is 38.9 Å². The Hall–Kier alpha value is -0.480. The molecule has 1 fully saturated rings. The average Bonchev–Trinajstić information content (AvgIpc) is 2.49. The summed E-state index contributed by atoms with van der Waals surface area (Å²) in [6, 6.07) is 0. The van der Waals surface area contributed by atoms with Gasteiger partial charge in [0.25, 0.3) is 0 Å². The number of hydrogen-bond donors (Lipinski definition) is 2. The van der Waals surface area contributed by atoms with E-state index in [0.717, 1.165) is 19.5 Å². The molecule has 1 rings (SSSR count). The highest BCUT2D eigenvalue weighted by Crippen LogP contribution is 2.06. The Morgan fingerprint density at radius 1 is 1.23 bits per heavy atom. The van der Waals surface area contributed by atoms with E-state index < -0.39 is 0 Å². The first-order chi connectivity index (χ1) is 5.79. The van der Waals surface area contributed by atoms with Gasteiger partial charge >= 0.3 is 0 Å². The number of guanidine groups is 1. The van der Waals surface area contributed by atoms with Crippen molar-refractivity contribution in [2.45, 2.75) is 19.3 Å². The first-order valence-corrected chi connectivity index (χ1v) is 4.57. The summed E-state index contributed by atoms with van der Waals surface area (Å²) in [6.45, 7) is 4.40. The Labute approximate surface area is 85.8 Å². The molecule has 0 aliphatic carbocycles. The molecule has 0 aromatic carbocycles. The molecule has 4 N–H and O–H groups in total. The van der Waals surface area contributed by atoms with Crippen LogP contribution in [-0.2, 0) is 0 Å². The van der Waals surface area contributed by atoms with Gasteiger partial charge in [-0.3, -0.25) is 4.99 Å². The Morgan fingerprint density at radius 2 is 1.85 bits per heavy atom. The Bertz CT molecular complexity index is 150.